The number of ether oxygens (including phenoxy) is 2. The first-order valence-electron chi connectivity index (χ1n) is 10.7. The normalized spacial score (nSPS) is 15.0. The van der Waals surface area contributed by atoms with Gasteiger partial charge in [0, 0.05) is 16.8 Å². The second-order valence-corrected chi connectivity index (χ2v) is 8.25. The molecule has 2 N–H and O–H groups in total. The number of aromatic nitrogens is 2. The summed E-state index contributed by atoms with van der Waals surface area (Å²) in [7, 11) is 0. The molecule has 3 aromatic carbocycles. The zero-order chi connectivity index (χ0) is 23.5. The molecule has 1 unspecified atom stereocenters. The van der Waals surface area contributed by atoms with Crippen molar-refractivity contribution in [3.8, 4) is 5.75 Å². The molecule has 0 saturated heterocycles. The SMILES string of the molecule is CC1CN=C(Nc2ccc3ncnc(Nc4ccc(OCc5cccc(F)c5)c(Cl)c4)c3c2)O1. The van der Waals surface area contributed by atoms with Crippen molar-refractivity contribution in [2.24, 2.45) is 4.99 Å². The minimum absolute atomic E-state index is 0.0640. The van der Waals surface area contributed by atoms with E-state index in [1.54, 1.807) is 24.3 Å². The number of nitrogens with zero attached hydrogens (tertiary/aromatic N) is 3. The molecule has 0 saturated carbocycles. The minimum atomic E-state index is -0.305. The van der Waals surface area contributed by atoms with Crippen molar-refractivity contribution < 1.29 is 13.9 Å². The van der Waals surface area contributed by atoms with E-state index in [1.165, 1.54) is 18.5 Å². The topological polar surface area (TPSA) is 80.7 Å². The highest BCUT2D eigenvalue weighted by Gasteiger charge is 2.15. The summed E-state index contributed by atoms with van der Waals surface area (Å²) in [5, 5.41) is 7.72. The van der Waals surface area contributed by atoms with Gasteiger partial charge in [0.05, 0.1) is 17.1 Å². The van der Waals surface area contributed by atoms with Gasteiger partial charge in [-0.2, -0.15) is 0 Å². The van der Waals surface area contributed by atoms with E-state index in [0.29, 0.717) is 29.2 Å². The number of hydrogen-bond donors (Lipinski definition) is 2. The van der Waals surface area contributed by atoms with Gasteiger partial charge in [0.15, 0.2) is 0 Å². The molecule has 0 bridgehead atoms. The van der Waals surface area contributed by atoms with Crippen LogP contribution in [-0.4, -0.2) is 28.6 Å². The summed E-state index contributed by atoms with van der Waals surface area (Å²) in [6.45, 7) is 2.82. The van der Waals surface area contributed by atoms with Crippen LogP contribution in [0.3, 0.4) is 0 Å². The van der Waals surface area contributed by atoms with E-state index >= 15 is 0 Å². The Morgan fingerprint density at radius 3 is 2.71 bits per heavy atom. The van der Waals surface area contributed by atoms with Crippen LogP contribution in [0.2, 0.25) is 5.02 Å². The van der Waals surface area contributed by atoms with Gasteiger partial charge < -0.3 is 20.1 Å². The molecular formula is C25H21ClFN5O2. The molecule has 5 rings (SSSR count). The number of rotatable bonds is 6. The summed E-state index contributed by atoms with van der Waals surface area (Å²) in [5.41, 5.74) is 3.06. The summed E-state index contributed by atoms with van der Waals surface area (Å²) >= 11 is 6.43. The fourth-order valence-electron chi connectivity index (χ4n) is 3.52. The van der Waals surface area contributed by atoms with Crippen LogP contribution in [0.4, 0.5) is 21.6 Å². The summed E-state index contributed by atoms with van der Waals surface area (Å²) in [6, 6.07) is 17.9. The molecule has 172 valence electrons. The van der Waals surface area contributed by atoms with E-state index in [2.05, 4.69) is 25.6 Å². The lowest BCUT2D eigenvalue weighted by molar-refractivity contribution is 0.245. The maximum atomic E-state index is 13.4. The summed E-state index contributed by atoms with van der Waals surface area (Å²) in [5.74, 6) is 0.823. The maximum Gasteiger partial charge on any atom is 0.289 e. The molecule has 4 aromatic rings. The molecule has 2 heterocycles. The van der Waals surface area contributed by atoms with Crippen LogP contribution in [0, 0.1) is 5.82 Å². The molecule has 9 heteroatoms. The van der Waals surface area contributed by atoms with Gasteiger partial charge in [-0.1, -0.05) is 23.7 Å². The Labute approximate surface area is 200 Å². The highest BCUT2D eigenvalue weighted by molar-refractivity contribution is 6.32. The van der Waals surface area contributed by atoms with Gasteiger partial charge in [-0.05, 0) is 61.0 Å². The average Bonchev–Trinajstić information content (AvgIpc) is 3.23. The predicted octanol–water partition coefficient (Wildman–Crippen LogP) is 5.93. The van der Waals surface area contributed by atoms with Crippen molar-refractivity contribution in [2.45, 2.75) is 19.6 Å². The zero-order valence-corrected chi connectivity index (χ0v) is 19.0. The smallest absolute Gasteiger partial charge is 0.289 e. The van der Waals surface area contributed by atoms with Gasteiger partial charge >= 0.3 is 0 Å². The second kappa shape index (κ2) is 9.52. The number of aliphatic imine (C=N–C) groups is 1. The Bertz CT molecular complexity index is 1380. The van der Waals surface area contributed by atoms with Crippen LogP contribution in [0.15, 0.2) is 72.0 Å². The van der Waals surface area contributed by atoms with Crippen LogP contribution in [0.1, 0.15) is 12.5 Å². The van der Waals surface area contributed by atoms with Crippen molar-refractivity contribution in [3.05, 3.63) is 83.4 Å². The van der Waals surface area contributed by atoms with Crippen molar-refractivity contribution in [3.63, 3.8) is 0 Å². The number of halogens is 2. The number of amidine groups is 1. The lowest BCUT2D eigenvalue weighted by Crippen LogP contribution is -2.15. The highest BCUT2D eigenvalue weighted by Crippen LogP contribution is 2.31. The second-order valence-electron chi connectivity index (χ2n) is 7.84. The number of anilines is 3. The van der Waals surface area contributed by atoms with Crippen LogP contribution < -0.4 is 15.4 Å². The molecular weight excluding hydrogens is 457 g/mol. The monoisotopic (exact) mass is 477 g/mol. The van der Waals surface area contributed by atoms with Gasteiger partial charge in [0.1, 0.15) is 36.4 Å². The van der Waals surface area contributed by atoms with Crippen LogP contribution in [0.5, 0.6) is 5.75 Å². The Balaban J connectivity index is 1.33. The molecule has 0 radical (unpaired) electrons. The molecule has 0 aliphatic carbocycles. The van der Waals surface area contributed by atoms with Crippen molar-refractivity contribution in [2.75, 3.05) is 17.2 Å². The van der Waals surface area contributed by atoms with E-state index in [4.69, 9.17) is 21.1 Å². The molecule has 1 aromatic heterocycles. The van der Waals surface area contributed by atoms with Gasteiger partial charge in [-0.25, -0.2) is 19.4 Å². The van der Waals surface area contributed by atoms with E-state index < -0.39 is 0 Å². The highest BCUT2D eigenvalue weighted by atomic mass is 35.5. The lowest BCUT2D eigenvalue weighted by Gasteiger charge is -2.13. The summed E-state index contributed by atoms with van der Waals surface area (Å²) in [4.78, 5) is 13.1. The Morgan fingerprint density at radius 1 is 1.06 bits per heavy atom. The number of nitrogens with one attached hydrogen (secondary N) is 2. The third-order valence-electron chi connectivity index (χ3n) is 5.17. The first-order valence-corrected chi connectivity index (χ1v) is 11.1. The van der Waals surface area contributed by atoms with Crippen molar-refractivity contribution in [1.82, 2.24) is 9.97 Å². The standard InChI is InChI=1S/C25H21ClFN5O2/c1-15-12-28-25(34-15)32-18-5-7-22-20(10-18)24(30-14-29-22)31-19-6-8-23(21(26)11-19)33-13-16-3-2-4-17(27)9-16/h2-11,14-15H,12-13H2,1H3,(H,28,32)(H,29,30,31). The van der Waals surface area contributed by atoms with E-state index in [-0.39, 0.29) is 18.5 Å². The summed E-state index contributed by atoms with van der Waals surface area (Å²) < 4.78 is 24.8. The van der Waals surface area contributed by atoms with E-state index in [0.717, 1.165) is 27.8 Å². The number of fused-ring (bicyclic) bond motifs is 1. The fourth-order valence-corrected chi connectivity index (χ4v) is 3.76. The molecule has 1 aliphatic heterocycles. The van der Waals surface area contributed by atoms with Crippen LogP contribution in [0.25, 0.3) is 10.9 Å². The molecule has 34 heavy (non-hydrogen) atoms. The first-order chi connectivity index (χ1) is 16.5. The lowest BCUT2D eigenvalue weighted by atomic mass is 10.2. The van der Waals surface area contributed by atoms with Crippen molar-refractivity contribution in [1.29, 1.82) is 0 Å². The third kappa shape index (κ3) is 5.02. The number of benzene rings is 3. The van der Waals surface area contributed by atoms with Gasteiger partial charge in [-0.3, -0.25) is 0 Å². The Hall–Kier alpha value is -3.91. The zero-order valence-electron chi connectivity index (χ0n) is 18.3. The quantitative estimate of drug-likeness (QED) is 0.358. The first kappa shape index (κ1) is 21.9. The van der Waals surface area contributed by atoms with Gasteiger partial charge in [0.25, 0.3) is 6.02 Å². The largest absolute Gasteiger partial charge is 0.487 e. The average molecular weight is 478 g/mol. The fraction of sp³-hybridized carbons (Fsp3) is 0.160. The Morgan fingerprint density at radius 2 is 1.91 bits per heavy atom. The van der Waals surface area contributed by atoms with Crippen LogP contribution >= 0.6 is 11.6 Å². The maximum absolute atomic E-state index is 13.4. The minimum Gasteiger partial charge on any atom is -0.487 e. The Kier molecular flexibility index (Phi) is 6.14. The molecule has 7 nitrogen and oxygen atoms in total. The molecule has 0 amide bonds. The number of hydrogen-bond acceptors (Lipinski definition) is 7. The van der Waals surface area contributed by atoms with E-state index in [1.807, 2.05) is 31.2 Å². The molecule has 0 fully saturated rings. The van der Waals surface area contributed by atoms with Gasteiger partial charge in [-0.15, -0.1) is 0 Å². The molecule has 1 atom stereocenters. The summed E-state index contributed by atoms with van der Waals surface area (Å²) in [6.07, 6.45) is 1.57. The third-order valence-corrected chi connectivity index (χ3v) is 5.46. The van der Waals surface area contributed by atoms with E-state index in [9.17, 15) is 4.39 Å². The van der Waals surface area contributed by atoms with Gasteiger partial charge in [0.2, 0.25) is 0 Å². The molecule has 0 spiro atoms. The predicted molar refractivity (Wildman–Crippen MR) is 131 cm³/mol. The molecule has 1 aliphatic rings. The van der Waals surface area contributed by atoms with Crippen molar-refractivity contribution >= 4 is 45.7 Å². The van der Waals surface area contributed by atoms with Crippen LogP contribution in [-0.2, 0) is 11.3 Å².